The summed E-state index contributed by atoms with van der Waals surface area (Å²) in [5.74, 6) is -0.443. The van der Waals surface area contributed by atoms with Gasteiger partial charge in [0, 0.05) is 6.42 Å². The highest BCUT2D eigenvalue weighted by Gasteiger charge is 2.34. The molecular formula is C19H20N4O5S. The third-order valence-electron chi connectivity index (χ3n) is 4.41. The molecule has 1 aliphatic rings. The molecule has 1 atom stereocenters. The summed E-state index contributed by atoms with van der Waals surface area (Å²) in [6, 6.07) is 12.3. The number of sulfonamides is 1. The van der Waals surface area contributed by atoms with Crippen molar-refractivity contribution in [3.05, 3.63) is 48.5 Å². The van der Waals surface area contributed by atoms with Crippen LogP contribution in [0, 0.1) is 0 Å². The van der Waals surface area contributed by atoms with Crippen LogP contribution in [0.2, 0.25) is 0 Å². The minimum atomic E-state index is -3.96. The van der Waals surface area contributed by atoms with Gasteiger partial charge in [0.2, 0.25) is 10.0 Å². The van der Waals surface area contributed by atoms with Crippen molar-refractivity contribution in [3.63, 3.8) is 0 Å². The molecule has 0 bridgehead atoms. The summed E-state index contributed by atoms with van der Waals surface area (Å²) in [6.07, 6.45) is 0.118. The van der Waals surface area contributed by atoms with E-state index in [0.29, 0.717) is 5.69 Å². The fourth-order valence-electron chi connectivity index (χ4n) is 2.94. The maximum Gasteiger partial charge on any atom is 0.272 e. The summed E-state index contributed by atoms with van der Waals surface area (Å²) in [7, 11) is -2.57. The molecule has 3 rings (SSSR count). The average molecular weight is 416 g/mol. The number of anilines is 2. The number of carbonyl (C=O) groups is 2. The lowest BCUT2D eigenvalue weighted by molar-refractivity contribution is -0.118. The van der Waals surface area contributed by atoms with E-state index in [0.717, 1.165) is 0 Å². The molecule has 29 heavy (non-hydrogen) atoms. The van der Waals surface area contributed by atoms with Gasteiger partial charge in [-0.25, -0.2) is 13.6 Å². The second-order valence-electron chi connectivity index (χ2n) is 6.42. The first-order valence-electron chi connectivity index (χ1n) is 8.65. The molecular weight excluding hydrogens is 396 g/mol. The first-order chi connectivity index (χ1) is 13.7. The number of nitrogens with two attached hydrogens (primary N) is 1. The molecule has 0 aromatic heterocycles. The molecule has 0 spiro atoms. The standard InChI is InChI=1S/C19H20N4O5S/c1-12(24)17-11-16(22-23(17)13-6-4-3-5-7-13)19(25)21-15-10-14(29(20,26)27)8-9-18(15)28-2/h3-10,17H,11H2,1-2H3,(H,21,25)(H2,20,26,27)/t17-/m1/s1. The topological polar surface area (TPSA) is 131 Å². The van der Waals surface area contributed by atoms with Gasteiger partial charge in [-0.05, 0) is 37.3 Å². The highest BCUT2D eigenvalue weighted by molar-refractivity contribution is 7.89. The zero-order valence-corrected chi connectivity index (χ0v) is 16.6. The van der Waals surface area contributed by atoms with Crippen LogP contribution in [0.3, 0.4) is 0 Å². The summed E-state index contributed by atoms with van der Waals surface area (Å²) >= 11 is 0. The van der Waals surface area contributed by atoms with E-state index in [1.54, 1.807) is 12.1 Å². The van der Waals surface area contributed by atoms with Gasteiger partial charge in [0.15, 0.2) is 5.78 Å². The van der Waals surface area contributed by atoms with Crippen LogP contribution in [0.4, 0.5) is 11.4 Å². The van der Waals surface area contributed by atoms with Crippen molar-refractivity contribution >= 4 is 38.8 Å². The molecule has 1 amide bonds. The number of Topliss-reactive ketones (excluding diaryl/α,β-unsaturated/α-hetero) is 1. The molecule has 1 heterocycles. The van der Waals surface area contributed by atoms with Crippen molar-refractivity contribution in [1.29, 1.82) is 0 Å². The number of para-hydroxylation sites is 1. The number of ketones is 1. The summed E-state index contributed by atoms with van der Waals surface area (Å²) < 4.78 is 28.4. The van der Waals surface area contributed by atoms with Crippen LogP contribution >= 0.6 is 0 Å². The molecule has 0 saturated carbocycles. The maximum atomic E-state index is 12.8. The third kappa shape index (κ3) is 4.44. The number of rotatable bonds is 6. The lowest BCUT2D eigenvalue weighted by atomic mass is 10.1. The van der Waals surface area contributed by atoms with Crippen molar-refractivity contribution < 1.29 is 22.7 Å². The third-order valence-corrected chi connectivity index (χ3v) is 5.32. The van der Waals surface area contributed by atoms with Crippen molar-refractivity contribution in [2.24, 2.45) is 10.2 Å². The monoisotopic (exact) mass is 416 g/mol. The summed E-state index contributed by atoms with van der Waals surface area (Å²) in [4.78, 5) is 24.7. The van der Waals surface area contributed by atoms with E-state index in [9.17, 15) is 18.0 Å². The Kier molecular flexibility index (Phi) is 5.66. The van der Waals surface area contributed by atoms with E-state index in [2.05, 4.69) is 10.4 Å². The van der Waals surface area contributed by atoms with Gasteiger partial charge in [-0.1, -0.05) is 18.2 Å². The fraction of sp³-hybridized carbons (Fsp3) is 0.211. The largest absolute Gasteiger partial charge is 0.495 e. The summed E-state index contributed by atoms with van der Waals surface area (Å²) in [5, 5.41) is 13.6. The Labute approximate surface area is 168 Å². The number of amides is 1. The van der Waals surface area contributed by atoms with E-state index < -0.39 is 22.0 Å². The number of methoxy groups -OCH3 is 1. The van der Waals surface area contributed by atoms with Crippen LogP contribution in [-0.2, 0) is 19.6 Å². The van der Waals surface area contributed by atoms with Gasteiger partial charge in [-0.15, -0.1) is 0 Å². The number of carbonyl (C=O) groups excluding carboxylic acids is 2. The molecule has 9 nitrogen and oxygen atoms in total. The summed E-state index contributed by atoms with van der Waals surface area (Å²) in [6.45, 7) is 1.44. The minimum absolute atomic E-state index is 0.118. The van der Waals surface area contributed by atoms with Gasteiger partial charge in [0.25, 0.3) is 5.91 Å². The Morgan fingerprint density at radius 1 is 1.21 bits per heavy atom. The number of nitrogens with zero attached hydrogens (tertiary/aromatic N) is 2. The van der Waals surface area contributed by atoms with E-state index >= 15 is 0 Å². The van der Waals surface area contributed by atoms with Crippen LogP contribution < -0.4 is 20.2 Å². The Balaban J connectivity index is 1.90. The van der Waals surface area contributed by atoms with Crippen molar-refractivity contribution in [2.45, 2.75) is 24.3 Å². The zero-order chi connectivity index (χ0) is 21.2. The Morgan fingerprint density at radius 2 is 1.90 bits per heavy atom. The predicted octanol–water partition coefficient (Wildman–Crippen LogP) is 1.50. The summed E-state index contributed by atoms with van der Waals surface area (Å²) in [5.41, 5.74) is 0.950. The first kappa shape index (κ1) is 20.5. The quantitative estimate of drug-likeness (QED) is 0.734. The van der Waals surface area contributed by atoms with E-state index in [1.807, 2.05) is 18.2 Å². The predicted molar refractivity (Wildman–Crippen MR) is 108 cm³/mol. The van der Waals surface area contributed by atoms with Crippen LogP contribution in [0.5, 0.6) is 5.75 Å². The molecule has 2 aromatic carbocycles. The molecule has 10 heteroatoms. The molecule has 0 radical (unpaired) electrons. The molecule has 152 valence electrons. The second kappa shape index (κ2) is 8.02. The molecule has 0 aliphatic carbocycles. The number of hydrogen-bond acceptors (Lipinski definition) is 7. The lowest BCUT2D eigenvalue weighted by Gasteiger charge is -2.20. The smallest absolute Gasteiger partial charge is 0.272 e. The Morgan fingerprint density at radius 3 is 2.48 bits per heavy atom. The van der Waals surface area contributed by atoms with E-state index in [-0.39, 0.29) is 34.2 Å². The van der Waals surface area contributed by atoms with Gasteiger partial charge in [0.1, 0.15) is 17.5 Å². The lowest BCUT2D eigenvalue weighted by Crippen LogP contribution is -2.33. The van der Waals surface area contributed by atoms with Gasteiger partial charge >= 0.3 is 0 Å². The van der Waals surface area contributed by atoms with Gasteiger partial charge in [0.05, 0.1) is 23.4 Å². The number of nitrogens with one attached hydrogen (secondary N) is 1. The second-order valence-corrected chi connectivity index (χ2v) is 7.98. The van der Waals surface area contributed by atoms with Crippen molar-refractivity contribution in [1.82, 2.24) is 0 Å². The minimum Gasteiger partial charge on any atom is -0.495 e. The molecule has 3 N–H and O–H groups in total. The number of primary sulfonamides is 1. The molecule has 0 fully saturated rings. The van der Waals surface area contributed by atoms with Crippen LogP contribution in [0.1, 0.15) is 13.3 Å². The Hall–Kier alpha value is -3.24. The van der Waals surface area contributed by atoms with Crippen LogP contribution in [-0.4, -0.2) is 39.0 Å². The highest BCUT2D eigenvalue weighted by Crippen LogP contribution is 2.29. The number of hydrazone groups is 1. The SMILES string of the molecule is COc1ccc(S(N)(=O)=O)cc1NC(=O)C1=NN(c2ccccc2)[C@@H](C(C)=O)C1. The van der Waals surface area contributed by atoms with E-state index in [4.69, 9.17) is 9.88 Å². The van der Waals surface area contributed by atoms with Crippen LogP contribution in [0.15, 0.2) is 58.5 Å². The zero-order valence-electron chi connectivity index (χ0n) is 15.8. The van der Waals surface area contributed by atoms with Gasteiger partial charge in [-0.2, -0.15) is 5.10 Å². The maximum absolute atomic E-state index is 12.8. The fourth-order valence-corrected chi connectivity index (χ4v) is 3.48. The number of ether oxygens (including phenoxy) is 1. The Bertz CT molecular complexity index is 1080. The molecule has 2 aromatic rings. The van der Waals surface area contributed by atoms with Crippen LogP contribution in [0.25, 0.3) is 0 Å². The first-order valence-corrected chi connectivity index (χ1v) is 10.2. The van der Waals surface area contributed by atoms with E-state index in [1.165, 1.54) is 37.2 Å². The number of benzene rings is 2. The number of hydrogen-bond donors (Lipinski definition) is 2. The van der Waals surface area contributed by atoms with Crippen molar-refractivity contribution in [3.8, 4) is 5.75 Å². The average Bonchev–Trinajstić information content (AvgIpc) is 3.14. The van der Waals surface area contributed by atoms with Gasteiger partial charge in [-0.3, -0.25) is 14.6 Å². The highest BCUT2D eigenvalue weighted by atomic mass is 32.2. The normalized spacial score (nSPS) is 16.3. The molecule has 1 aliphatic heterocycles. The molecule has 0 saturated heterocycles. The van der Waals surface area contributed by atoms with Gasteiger partial charge < -0.3 is 10.1 Å². The molecule has 0 unspecified atom stereocenters. The van der Waals surface area contributed by atoms with Crippen molar-refractivity contribution in [2.75, 3.05) is 17.4 Å².